The summed E-state index contributed by atoms with van der Waals surface area (Å²) in [4.78, 5) is 21.8. The maximum Gasteiger partial charge on any atom is 0.335 e. The van der Waals surface area contributed by atoms with Crippen molar-refractivity contribution in [2.24, 2.45) is 0 Å². The summed E-state index contributed by atoms with van der Waals surface area (Å²) < 4.78 is 0. The number of rotatable bonds is 3. The monoisotopic (exact) mass is 243 g/mol. The number of amides is 1. The Kier molecular flexibility index (Phi) is 3.28. The number of nitrogens with one attached hydrogen (secondary N) is 1. The lowest BCUT2D eigenvalue weighted by atomic mass is 10.0. The quantitative estimate of drug-likeness (QED) is 0.868. The van der Waals surface area contributed by atoms with Crippen LogP contribution in [0, 0.1) is 0 Å². The van der Waals surface area contributed by atoms with Crippen LogP contribution in [0.1, 0.15) is 22.8 Å². The van der Waals surface area contributed by atoms with E-state index in [-0.39, 0.29) is 11.5 Å². The summed E-state index contributed by atoms with van der Waals surface area (Å²) in [7, 11) is 0. The first kappa shape index (κ1) is 12.1. The third-order valence-corrected chi connectivity index (χ3v) is 2.75. The highest BCUT2D eigenvalue weighted by Gasteiger charge is 2.06. The van der Waals surface area contributed by atoms with Gasteiger partial charge in [-0.3, -0.25) is 4.79 Å². The Balaban J connectivity index is 2.43. The molecule has 92 valence electrons. The van der Waals surface area contributed by atoms with Gasteiger partial charge in [0.25, 0.3) is 0 Å². The Bertz CT molecular complexity index is 619. The molecule has 0 aromatic heterocycles. The molecule has 2 aromatic carbocycles. The molecule has 0 aliphatic carbocycles. The summed E-state index contributed by atoms with van der Waals surface area (Å²) in [6.07, 6.45) is 0. The summed E-state index contributed by atoms with van der Waals surface area (Å²) in [5.41, 5.74) is 1.24. The predicted octanol–water partition coefficient (Wildman–Crippen LogP) is 2.17. The van der Waals surface area contributed by atoms with E-state index in [0.717, 1.165) is 16.3 Å². The van der Waals surface area contributed by atoms with Gasteiger partial charge in [-0.25, -0.2) is 4.79 Å². The van der Waals surface area contributed by atoms with Crippen LogP contribution in [0.3, 0.4) is 0 Å². The van der Waals surface area contributed by atoms with E-state index in [9.17, 15) is 9.59 Å². The second kappa shape index (κ2) is 4.87. The van der Waals surface area contributed by atoms with E-state index < -0.39 is 5.97 Å². The molecule has 0 atom stereocenters. The Labute approximate surface area is 104 Å². The summed E-state index contributed by atoms with van der Waals surface area (Å²) >= 11 is 0. The number of fused-ring (bicyclic) bond motifs is 1. The fraction of sp³-hybridized carbons (Fsp3) is 0.143. The lowest BCUT2D eigenvalue weighted by Gasteiger charge is -2.07. The highest BCUT2D eigenvalue weighted by Crippen LogP contribution is 2.20. The van der Waals surface area contributed by atoms with Gasteiger partial charge in [0.1, 0.15) is 0 Å². The van der Waals surface area contributed by atoms with Gasteiger partial charge in [-0.1, -0.05) is 24.3 Å². The highest BCUT2D eigenvalue weighted by molar-refractivity contribution is 5.95. The van der Waals surface area contributed by atoms with Crippen LogP contribution in [0.4, 0.5) is 0 Å². The van der Waals surface area contributed by atoms with E-state index in [2.05, 4.69) is 5.32 Å². The van der Waals surface area contributed by atoms with Crippen molar-refractivity contribution in [1.29, 1.82) is 0 Å². The molecule has 2 aromatic rings. The Morgan fingerprint density at radius 1 is 1.22 bits per heavy atom. The molecule has 2 rings (SSSR count). The molecule has 0 aliphatic rings. The molecule has 0 unspecified atom stereocenters. The van der Waals surface area contributed by atoms with Gasteiger partial charge in [-0.2, -0.15) is 0 Å². The largest absolute Gasteiger partial charge is 0.478 e. The molecule has 0 radical (unpaired) electrons. The minimum absolute atomic E-state index is 0.0887. The lowest BCUT2D eigenvalue weighted by molar-refractivity contribution is -0.119. The first-order chi connectivity index (χ1) is 8.58. The molecule has 1 amide bonds. The normalized spacial score (nSPS) is 10.3. The number of hydrogen-bond acceptors (Lipinski definition) is 2. The number of carbonyl (C=O) groups is 2. The number of aromatic carboxylic acids is 1. The second-order valence-corrected chi connectivity index (χ2v) is 4.07. The van der Waals surface area contributed by atoms with Crippen molar-refractivity contribution in [2.45, 2.75) is 13.5 Å². The van der Waals surface area contributed by atoms with Crippen molar-refractivity contribution in [3.63, 3.8) is 0 Å². The Morgan fingerprint density at radius 3 is 2.67 bits per heavy atom. The summed E-state index contributed by atoms with van der Waals surface area (Å²) in [5, 5.41) is 13.5. The van der Waals surface area contributed by atoms with Crippen LogP contribution in [0.5, 0.6) is 0 Å². The lowest BCUT2D eigenvalue weighted by Crippen LogP contribution is -2.19. The molecule has 0 bridgehead atoms. The van der Waals surface area contributed by atoms with E-state index in [4.69, 9.17) is 5.11 Å². The van der Waals surface area contributed by atoms with Crippen LogP contribution in [-0.2, 0) is 11.3 Å². The maximum absolute atomic E-state index is 10.9. The molecule has 0 fully saturated rings. The van der Waals surface area contributed by atoms with E-state index in [0.29, 0.717) is 6.54 Å². The average molecular weight is 243 g/mol. The zero-order valence-corrected chi connectivity index (χ0v) is 9.93. The SMILES string of the molecule is CC(=O)NCc1cccc2cc(C(=O)O)ccc12. The molecule has 18 heavy (non-hydrogen) atoms. The fourth-order valence-corrected chi connectivity index (χ4v) is 1.86. The molecule has 4 heteroatoms. The summed E-state index contributed by atoms with van der Waals surface area (Å²) in [6, 6.07) is 10.6. The van der Waals surface area contributed by atoms with Gasteiger partial charge in [-0.15, -0.1) is 0 Å². The van der Waals surface area contributed by atoms with Gasteiger partial charge in [0.15, 0.2) is 0 Å². The maximum atomic E-state index is 10.9. The molecular weight excluding hydrogens is 230 g/mol. The van der Waals surface area contributed by atoms with Crippen molar-refractivity contribution in [2.75, 3.05) is 0 Å². The summed E-state index contributed by atoms with van der Waals surface area (Å²) in [6.45, 7) is 1.91. The topological polar surface area (TPSA) is 66.4 Å². The van der Waals surface area contributed by atoms with Gasteiger partial charge < -0.3 is 10.4 Å². The van der Waals surface area contributed by atoms with Gasteiger partial charge >= 0.3 is 5.97 Å². The van der Waals surface area contributed by atoms with Crippen molar-refractivity contribution in [3.05, 3.63) is 47.5 Å². The van der Waals surface area contributed by atoms with Gasteiger partial charge in [-0.05, 0) is 28.5 Å². The Hall–Kier alpha value is -2.36. The third kappa shape index (κ3) is 2.48. The smallest absolute Gasteiger partial charge is 0.335 e. The minimum atomic E-state index is -0.941. The first-order valence-corrected chi connectivity index (χ1v) is 5.57. The summed E-state index contributed by atoms with van der Waals surface area (Å²) in [5.74, 6) is -1.03. The number of carboxylic acid groups (broad SMARTS) is 1. The van der Waals surface area contributed by atoms with Crippen molar-refractivity contribution < 1.29 is 14.7 Å². The molecule has 0 saturated carbocycles. The van der Waals surface area contributed by atoms with E-state index >= 15 is 0 Å². The first-order valence-electron chi connectivity index (χ1n) is 5.57. The van der Waals surface area contributed by atoms with Crippen molar-refractivity contribution in [1.82, 2.24) is 5.32 Å². The van der Waals surface area contributed by atoms with Crippen LogP contribution >= 0.6 is 0 Å². The van der Waals surface area contributed by atoms with Crippen LogP contribution in [0.2, 0.25) is 0 Å². The molecule has 0 spiro atoms. The molecule has 4 nitrogen and oxygen atoms in total. The van der Waals surface area contributed by atoms with Gasteiger partial charge in [0.2, 0.25) is 5.91 Å². The van der Waals surface area contributed by atoms with E-state index in [1.807, 2.05) is 18.2 Å². The molecule has 0 heterocycles. The third-order valence-electron chi connectivity index (χ3n) is 2.75. The van der Waals surface area contributed by atoms with Crippen LogP contribution in [0.15, 0.2) is 36.4 Å². The zero-order valence-electron chi connectivity index (χ0n) is 9.93. The van der Waals surface area contributed by atoms with Crippen LogP contribution in [-0.4, -0.2) is 17.0 Å². The van der Waals surface area contributed by atoms with E-state index in [1.54, 1.807) is 18.2 Å². The van der Waals surface area contributed by atoms with Crippen molar-refractivity contribution in [3.8, 4) is 0 Å². The molecule has 0 saturated heterocycles. The number of hydrogen-bond donors (Lipinski definition) is 2. The van der Waals surface area contributed by atoms with Gasteiger partial charge in [0, 0.05) is 13.5 Å². The predicted molar refractivity (Wildman–Crippen MR) is 68.4 cm³/mol. The number of carboxylic acids is 1. The fourth-order valence-electron chi connectivity index (χ4n) is 1.86. The van der Waals surface area contributed by atoms with Crippen LogP contribution < -0.4 is 5.32 Å². The van der Waals surface area contributed by atoms with Crippen LogP contribution in [0.25, 0.3) is 10.8 Å². The van der Waals surface area contributed by atoms with Gasteiger partial charge in [0.05, 0.1) is 5.56 Å². The zero-order chi connectivity index (χ0) is 13.1. The minimum Gasteiger partial charge on any atom is -0.478 e. The number of carbonyl (C=O) groups excluding carboxylic acids is 1. The molecular formula is C14H13NO3. The van der Waals surface area contributed by atoms with Crippen molar-refractivity contribution >= 4 is 22.6 Å². The second-order valence-electron chi connectivity index (χ2n) is 4.07. The average Bonchev–Trinajstić information content (AvgIpc) is 2.35. The molecule has 0 aliphatic heterocycles. The standard InChI is InChI=1S/C14H13NO3/c1-9(16)15-8-12-4-2-3-10-7-11(14(17)18)5-6-13(10)12/h2-7H,8H2,1H3,(H,15,16)(H,17,18). The Morgan fingerprint density at radius 2 is 2.00 bits per heavy atom. The van der Waals surface area contributed by atoms with E-state index in [1.165, 1.54) is 6.92 Å². The number of benzene rings is 2. The highest BCUT2D eigenvalue weighted by atomic mass is 16.4. The molecule has 2 N–H and O–H groups in total.